The van der Waals surface area contributed by atoms with E-state index in [1.807, 2.05) is 0 Å². The zero-order chi connectivity index (χ0) is 21.9. The highest BCUT2D eigenvalue weighted by atomic mass is 19.4. The van der Waals surface area contributed by atoms with Crippen molar-refractivity contribution < 1.29 is 26.7 Å². The molecule has 2 aromatic rings. The van der Waals surface area contributed by atoms with Crippen LogP contribution in [-0.2, 0) is 11.0 Å². The average Bonchev–Trinajstić information content (AvgIpc) is 2.65. The predicted octanol–water partition coefficient (Wildman–Crippen LogP) is 5.03. The monoisotopic (exact) mass is 429 g/mol. The number of alkyl halides is 4. The van der Waals surface area contributed by atoms with Crippen LogP contribution in [0.4, 0.5) is 45.1 Å². The highest BCUT2D eigenvalue weighted by Gasteiger charge is 2.36. The lowest BCUT2D eigenvalue weighted by atomic mass is 9.94. The minimum atomic E-state index is -4.75. The van der Waals surface area contributed by atoms with E-state index < -0.39 is 35.5 Å². The molecule has 30 heavy (non-hydrogen) atoms. The summed E-state index contributed by atoms with van der Waals surface area (Å²) in [6.07, 6.45) is -3.24. The van der Waals surface area contributed by atoms with Gasteiger partial charge in [-0.2, -0.15) is 18.2 Å². The number of hydrogen-bond acceptors (Lipinski definition) is 5. The molecule has 1 heterocycles. The van der Waals surface area contributed by atoms with Crippen LogP contribution < -0.4 is 16.0 Å². The van der Waals surface area contributed by atoms with Crippen molar-refractivity contribution >= 4 is 29.0 Å². The fourth-order valence-electron chi connectivity index (χ4n) is 3.18. The molecular weight excluding hydrogens is 409 g/mol. The first kappa shape index (κ1) is 21.7. The summed E-state index contributed by atoms with van der Waals surface area (Å²) in [5.74, 6) is -1.80. The third-order valence-corrected chi connectivity index (χ3v) is 4.63. The van der Waals surface area contributed by atoms with Gasteiger partial charge in [-0.3, -0.25) is 4.79 Å². The zero-order valence-electron chi connectivity index (χ0n) is 16.0. The van der Waals surface area contributed by atoms with Crippen molar-refractivity contribution in [1.29, 1.82) is 0 Å². The van der Waals surface area contributed by atoms with E-state index in [0.29, 0.717) is 31.9 Å². The van der Waals surface area contributed by atoms with Crippen LogP contribution in [0.25, 0.3) is 0 Å². The standard InChI is InChI=1S/C19H20F5N5O/c1-10(30)26-16-8-12(21)4-7-15(16)28-17-14(19(22,23)24)9-25-18(29-17)27-13-5-2-11(20)3-6-13/h4,7-9,11,13H,2-3,5-6H2,1H3,(H,26,30)(H2,25,27,28,29). The molecular formula is C19H20F5N5O. The maximum absolute atomic E-state index is 13.5. The molecule has 0 atom stereocenters. The Labute approximate surface area is 169 Å². The third kappa shape index (κ3) is 5.55. The number of amides is 1. The number of nitrogens with zero attached hydrogens (tertiary/aromatic N) is 2. The van der Waals surface area contributed by atoms with E-state index in [1.165, 1.54) is 13.0 Å². The summed E-state index contributed by atoms with van der Waals surface area (Å²) in [7, 11) is 0. The van der Waals surface area contributed by atoms with Gasteiger partial charge in [0.05, 0.1) is 11.4 Å². The van der Waals surface area contributed by atoms with Crippen LogP contribution in [0.2, 0.25) is 0 Å². The van der Waals surface area contributed by atoms with Crippen LogP contribution in [0, 0.1) is 5.82 Å². The Balaban J connectivity index is 1.91. The van der Waals surface area contributed by atoms with Crippen LogP contribution in [0.5, 0.6) is 0 Å². The van der Waals surface area contributed by atoms with E-state index in [-0.39, 0.29) is 23.4 Å². The van der Waals surface area contributed by atoms with E-state index in [0.717, 1.165) is 12.1 Å². The molecule has 0 aliphatic heterocycles. The molecule has 1 aromatic carbocycles. The molecule has 162 valence electrons. The number of halogens is 5. The second-order valence-corrected chi connectivity index (χ2v) is 7.04. The fourth-order valence-corrected chi connectivity index (χ4v) is 3.18. The fraction of sp³-hybridized carbons (Fsp3) is 0.421. The highest BCUT2D eigenvalue weighted by Crippen LogP contribution is 2.36. The second kappa shape index (κ2) is 8.80. The summed E-state index contributed by atoms with van der Waals surface area (Å²) < 4.78 is 67.2. The molecule has 6 nitrogen and oxygen atoms in total. The quantitative estimate of drug-likeness (QED) is 0.581. The Hall–Kier alpha value is -2.98. The van der Waals surface area contributed by atoms with Crippen molar-refractivity contribution in [3.05, 3.63) is 35.8 Å². The molecule has 1 amide bonds. The minimum absolute atomic E-state index is 0.0275. The van der Waals surface area contributed by atoms with E-state index in [4.69, 9.17) is 0 Å². The summed E-state index contributed by atoms with van der Waals surface area (Å²) in [5.41, 5.74) is -1.14. The van der Waals surface area contributed by atoms with E-state index in [1.54, 1.807) is 0 Å². The zero-order valence-corrected chi connectivity index (χ0v) is 16.0. The van der Waals surface area contributed by atoms with Crippen LogP contribution in [0.1, 0.15) is 38.2 Å². The second-order valence-electron chi connectivity index (χ2n) is 7.04. The van der Waals surface area contributed by atoms with Crippen molar-refractivity contribution in [2.75, 3.05) is 16.0 Å². The number of carbonyl (C=O) groups is 1. The lowest BCUT2D eigenvalue weighted by molar-refractivity contribution is -0.137. The van der Waals surface area contributed by atoms with Gasteiger partial charge in [0, 0.05) is 19.2 Å². The van der Waals surface area contributed by atoms with Gasteiger partial charge in [0.1, 0.15) is 23.4 Å². The molecule has 0 bridgehead atoms. The summed E-state index contributed by atoms with van der Waals surface area (Å²) in [5, 5.41) is 7.81. The predicted molar refractivity (Wildman–Crippen MR) is 102 cm³/mol. The van der Waals surface area contributed by atoms with Crippen LogP contribution in [-0.4, -0.2) is 28.1 Å². The number of anilines is 4. The van der Waals surface area contributed by atoms with Gasteiger partial charge in [-0.15, -0.1) is 0 Å². The molecule has 3 N–H and O–H groups in total. The van der Waals surface area contributed by atoms with Gasteiger partial charge in [-0.05, 0) is 43.9 Å². The molecule has 3 rings (SSSR count). The van der Waals surface area contributed by atoms with Crippen molar-refractivity contribution in [2.45, 2.75) is 51.0 Å². The topological polar surface area (TPSA) is 78.9 Å². The molecule has 1 aliphatic carbocycles. The molecule has 0 spiro atoms. The van der Waals surface area contributed by atoms with Gasteiger partial charge in [0.2, 0.25) is 11.9 Å². The first-order valence-electron chi connectivity index (χ1n) is 9.31. The SMILES string of the molecule is CC(=O)Nc1cc(F)ccc1Nc1nc(NC2CCC(F)CC2)ncc1C(F)(F)F. The van der Waals surface area contributed by atoms with Gasteiger partial charge in [-0.25, -0.2) is 13.8 Å². The number of aromatic nitrogens is 2. The highest BCUT2D eigenvalue weighted by molar-refractivity contribution is 5.93. The van der Waals surface area contributed by atoms with Crippen molar-refractivity contribution in [3.63, 3.8) is 0 Å². The van der Waals surface area contributed by atoms with Gasteiger partial charge in [0.15, 0.2) is 0 Å². The Bertz CT molecular complexity index is 913. The third-order valence-electron chi connectivity index (χ3n) is 4.63. The lowest BCUT2D eigenvalue weighted by Gasteiger charge is -2.25. The Morgan fingerprint density at radius 1 is 1.13 bits per heavy atom. The van der Waals surface area contributed by atoms with Crippen LogP contribution in [0.15, 0.2) is 24.4 Å². The molecule has 0 saturated heterocycles. The maximum atomic E-state index is 13.5. The van der Waals surface area contributed by atoms with Crippen molar-refractivity contribution in [1.82, 2.24) is 9.97 Å². The summed E-state index contributed by atoms with van der Waals surface area (Å²) in [6.45, 7) is 1.19. The van der Waals surface area contributed by atoms with Crippen LogP contribution in [0.3, 0.4) is 0 Å². The van der Waals surface area contributed by atoms with Gasteiger partial charge >= 0.3 is 6.18 Å². The molecule has 1 aromatic heterocycles. The summed E-state index contributed by atoms with van der Waals surface area (Å²) in [4.78, 5) is 19.0. The van der Waals surface area contributed by atoms with Gasteiger partial charge < -0.3 is 16.0 Å². The van der Waals surface area contributed by atoms with E-state index in [2.05, 4.69) is 25.9 Å². The molecule has 0 radical (unpaired) electrons. The number of nitrogens with one attached hydrogen (secondary N) is 3. The van der Waals surface area contributed by atoms with Crippen molar-refractivity contribution in [3.8, 4) is 0 Å². The van der Waals surface area contributed by atoms with E-state index in [9.17, 15) is 26.7 Å². The van der Waals surface area contributed by atoms with Crippen LogP contribution >= 0.6 is 0 Å². The van der Waals surface area contributed by atoms with Gasteiger partial charge in [-0.1, -0.05) is 0 Å². The summed E-state index contributed by atoms with van der Waals surface area (Å²) in [6, 6.07) is 3.06. The van der Waals surface area contributed by atoms with E-state index >= 15 is 0 Å². The molecule has 1 aliphatic rings. The number of rotatable bonds is 5. The Kier molecular flexibility index (Phi) is 6.37. The molecule has 11 heteroatoms. The Morgan fingerprint density at radius 3 is 2.47 bits per heavy atom. The average molecular weight is 429 g/mol. The largest absolute Gasteiger partial charge is 0.421 e. The lowest BCUT2D eigenvalue weighted by Crippen LogP contribution is -2.27. The molecule has 0 unspecified atom stereocenters. The summed E-state index contributed by atoms with van der Waals surface area (Å²) >= 11 is 0. The van der Waals surface area contributed by atoms with Gasteiger partial charge in [0.25, 0.3) is 0 Å². The first-order valence-corrected chi connectivity index (χ1v) is 9.31. The molecule has 1 saturated carbocycles. The normalized spacial score (nSPS) is 19.3. The first-order chi connectivity index (χ1) is 14.1. The Morgan fingerprint density at radius 2 is 1.83 bits per heavy atom. The van der Waals surface area contributed by atoms with Crippen molar-refractivity contribution in [2.24, 2.45) is 0 Å². The smallest absolute Gasteiger partial charge is 0.351 e. The maximum Gasteiger partial charge on any atom is 0.421 e. The number of carbonyl (C=O) groups excluding carboxylic acids is 1. The molecule has 1 fully saturated rings. The number of hydrogen-bond donors (Lipinski definition) is 3. The minimum Gasteiger partial charge on any atom is -0.351 e. The number of benzene rings is 1.